The van der Waals surface area contributed by atoms with Crippen molar-refractivity contribution in [1.29, 1.82) is 0 Å². The molecule has 0 saturated heterocycles. The number of amides is 2. The molecule has 0 aliphatic rings. The fraction of sp³-hybridized carbons (Fsp3) is 0.263. The summed E-state index contributed by atoms with van der Waals surface area (Å²) in [4.78, 5) is 24.9. The first-order valence-corrected chi connectivity index (χ1v) is 9.42. The quantitative estimate of drug-likeness (QED) is 0.631. The lowest BCUT2D eigenvalue weighted by atomic mass is 10.0. The van der Waals surface area contributed by atoms with Gasteiger partial charge in [0.05, 0.1) is 13.4 Å². The molecule has 0 radical (unpaired) electrons. The Kier molecular flexibility index (Phi) is 6.05. The van der Waals surface area contributed by atoms with Crippen LogP contribution >= 0.6 is 11.3 Å². The van der Waals surface area contributed by atoms with Crippen molar-refractivity contribution in [3.63, 3.8) is 0 Å². The molecule has 0 saturated carbocycles. The summed E-state index contributed by atoms with van der Waals surface area (Å²) in [5.74, 6) is -0.0553. The third-order valence-corrected chi connectivity index (χ3v) is 4.86. The molecule has 0 aliphatic heterocycles. The van der Waals surface area contributed by atoms with Crippen molar-refractivity contribution >= 4 is 28.3 Å². The summed E-state index contributed by atoms with van der Waals surface area (Å²) in [5, 5.41) is 14.6. The highest BCUT2D eigenvalue weighted by Gasteiger charge is 2.26. The average molecular weight is 400 g/mol. The number of hydrogen-bond acceptors (Lipinski definition) is 7. The third-order valence-electron chi connectivity index (χ3n) is 3.97. The van der Waals surface area contributed by atoms with Gasteiger partial charge in [-0.2, -0.15) is 0 Å². The molecule has 8 nitrogen and oxygen atoms in total. The van der Waals surface area contributed by atoms with E-state index >= 15 is 0 Å². The zero-order chi connectivity index (χ0) is 20.1. The molecule has 0 unspecified atom stereocenters. The highest BCUT2D eigenvalue weighted by molar-refractivity contribution is 7.18. The number of aromatic nitrogens is 2. The van der Waals surface area contributed by atoms with Crippen LogP contribution in [-0.2, 0) is 4.79 Å². The van der Waals surface area contributed by atoms with Gasteiger partial charge in [-0.25, -0.2) is 0 Å². The molecule has 2 amide bonds. The van der Waals surface area contributed by atoms with Crippen molar-refractivity contribution < 1.29 is 18.7 Å². The van der Waals surface area contributed by atoms with Crippen LogP contribution in [0.25, 0.3) is 10.6 Å². The second kappa shape index (κ2) is 8.66. The fourth-order valence-corrected chi connectivity index (χ4v) is 3.21. The molecular weight excluding hydrogens is 380 g/mol. The number of nitrogens with one attached hydrogen (secondary N) is 2. The predicted octanol–water partition coefficient (Wildman–Crippen LogP) is 3.20. The van der Waals surface area contributed by atoms with Crippen molar-refractivity contribution in [3.8, 4) is 16.3 Å². The Hall–Kier alpha value is -3.20. The first-order chi connectivity index (χ1) is 13.5. The molecule has 3 aromatic rings. The van der Waals surface area contributed by atoms with Crippen molar-refractivity contribution in [1.82, 2.24) is 15.5 Å². The number of ether oxygens (including phenoxy) is 1. The number of nitrogens with zero attached hydrogens (tertiary/aromatic N) is 2. The number of carbonyl (C=O) groups is 2. The van der Waals surface area contributed by atoms with Crippen LogP contribution in [0.3, 0.4) is 0 Å². The van der Waals surface area contributed by atoms with Crippen LogP contribution in [-0.4, -0.2) is 35.2 Å². The normalized spacial score (nSPS) is 11.9. The van der Waals surface area contributed by atoms with Crippen LogP contribution in [0.5, 0.6) is 5.75 Å². The van der Waals surface area contributed by atoms with Crippen LogP contribution in [0.15, 0.2) is 47.1 Å². The zero-order valence-corrected chi connectivity index (χ0v) is 16.4. The van der Waals surface area contributed by atoms with Crippen LogP contribution in [0, 0.1) is 5.92 Å². The van der Waals surface area contributed by atoms with E-state index in [-0.39, 0.29) is 17.6 Å². The number of anilines is 1. The van der Waals surface area contributed by atoms with Gasteiger partial charge in [-0.05, 0) is 42.3 Å². The van der Waals surface area contributed by atoms with Crippen molar-refractivity contribution in [2.45, 2.75) is 19.9 Å². The number of benzene rings is 1. The van der Waals surface area contributed by atoms with Gasteiger partial charge in [0.15, 0.2) is 5.76 Å². The van der Waals surface area contributed by atoms with Gasteiger partial charge in [-0.15, -0.1) is 10.2 Å². The van der Waals surface area contributed by atoms with Crippen LogP contribution in [0.1, 0.15) is 24.4 Å². The Balaban J connectivity index is 1.68. The zero-order valence-electron chi connectivity index (χ0n) is 15.6. The van der Waals surface area contributed by atoms with Crippen molar-refractivity contribution in [2.75, 3.05) is 12.4 Å². The summed E-state index contributed by atoms with van der Waals surface area (Å²) in [5.41, 5.74) is 0.866. The maximum atomic E-state index is 12.7. The fourth-order valence-electron chi connectivity index (χ4n) is 2.46. The molecule has 0 spiro atoms. The molecule has 28 heavy (non-hydrogen) atoms. The summed E-state index contributed by atoms with van der Waals surface area (Å²) in [6.45, 7) is 3.69. The molecule has 2 N–H and O–H groups in total. The second-order valence-electron chi connectivity index (χ2n) is 6.30. The third kappa shape index (κ3) is 4.55. The topological polar surface area (TPSA) is 106 Å². The Morgan fingerprint density at radius 2 is 1.89 bits per heavy atom. The summed E-state index contributed by atoms with van der Waals surface area (Å²) >= 11 is 1.25. The SMILES string of the molecule is COc1ccc(-c2nnc(NC(=O)[C@H](NC(=O)c3ccco3)C(C)C)s2)cc1. The van der Waals surface area contributed by atoms with Gasteiger partial charge in [-0.3, -0.25) is 14.9 Å². The van der Waals surface area contributed by atoms with Crippen molar-refractivity contribution in [2.24, 2.45) is 5.92 Å². The van der Waals surface area contributed by atoms with E-state index in [2.05, 4.69) is 20.8 Å². The molecular formula is C19H20N4O4S. The van der Waals surface area contributed by atoms with Gasteiger partial charge in [0.2, 0.25) is 11.0 Å². The minimum Gasteiger partial charge on any atom is -0.497 e. The van der Waals surface area contributed by atoms with Crippen LogP contribution in [0.2, 0.25) is 0 Å². The molecule has 0 bridgehead atoms. The predicted molar refractivity (Wildman–Crippen MR) is 105 cm³/mol. The summed E-state index contributed by atoms with van der Waals surface area (Å²) in [6.07, 6.45) is 1.40. The lowest BCUT2D eigenvalue weighted by Crippen LogP contribution is -2.47. The van der Waals surface area contributed by atoms with E-state index in [1.807, 2.05) is 38.1 Å². The van der Waals surface area contributed by atoms with Gasteiger partial charge in [0.25, 0.3) is 5.91 Å². The Morgan fingerprint density at radius 3 is 2.50 bits per heavy atom. The first kappa shape index (κ1) is 19.6. The lowest BCUT2D eigenvalue weighted by Gasteiger charge is -2.20. The van der Waals surface area contributed by atoms with E-state index in [1.165, 1.54) is 23.7 Å². The molecule has 3 rings (SSSR count). The molecule has 0 fully saturated rings. The van der Waals surface area contributed by atoms with Gasteiger partial charge >= 0.3 is 0 Å². The maximum absolute atomic E-state index is 12.7. The smallest absolute Gasteiger partial charge is 0.287 e. The number of furan rings is 1. The monoisotopic (exact) mass is 400 g/mol. The van der Waals surface area contributed by atoms with Gasteiger partial charge in [-0.1, -0.05) is 25.2 Å². The summed E-state index contributed by atoms with van der Waals surface area (Å²) in [7, 11) is 1.60. The minimum atomic E-state index is -0.745. The molecule has 146 valence electrons. The Morgan fingerprint density at radius 1 is 1.14 bits per heavy atom. The van der Waals surface area contributed by atoms with Crippen LogP contribution < -0.4 is 15.4 Å². The summed E-state index contributed by atoms with van der Waals surface area (Å²) < 4.78 is 10.2. The second-order valence-corrected chi connectivity index (χ2v) is 7.28. The van der Waals surface area contributed by atoms with Gasteiger partial charge < -0.3 is 14.5 Å². The van der Waals surface area contributed by atoms with E-state index in [9.17, 15) is 9.59 Å². The lowest BCUT2D eigenvalue weighted by molar-refractivity contribution is -0.118. The maximum Gasteiger partial charge on any atom is 0.287 e. The van der Waals surface area contributed by atoms with Crippen LogP contribution in [0.4, 0.5) is 5.13 Å². The molecule has 0 aliphatic carbocycles. The minimum absolute atomic E-state index is 0.132. The highest BCUT2D eigenvalue weighted by Crippen LogP contribution is 2.28. The Bertz CT molecular complexity index is 935. The molecule has 1 atom stereocenters. The molecule has 9 heteroatoms. The van der Waals surface area contributed by atoms with E-state index in [0.29, 0.717) is 10.1 Å². The number of methoxy groups -OCH3 is 1. The number of hydrogen-bond donors (Lipinski definition) is 2. The van der Waals surface area contributed by atoms with Gasteiger partial charge in [0.1, 0.15) is 16.8 Å². The number of carbonyl (C=O) groups excluding carboxylic acids is 2. The standard InChI is InChI=1S/C19H20N4O4S/c1-11(2)15(20-16(24)14-5-4-10-27-14)17(25)21-19-23-22-18(28-19)12-6-8-13(26-3)9-7-12/h4-11,15H,1-3H3,(H,20,24)(H,21,23,25)/t15-/m1/s1. The van der Waals surface area contributed by atoms with Crippen molar-refractivity contribution in [3.05, 3.63) is 48.4 Å². The van der Waals surface area contributed by atoms with E-state index < -0.39 is 11.9 Å². The summed E-state index contributed by atoms with van der Waals surface area (Å²) in [6, 6.07) is 9.79. The Labute approximate surface area is 165 Å². The van der Waals surface area contributed by atoms with E-state index in [0.717, 1.165) is 11.3 Å². The molecule has 2 heterocycles. The molecule has 1 aromatic carbocycles. The average Bonchev–Trinajstić information content (AvgIpc) is 3.38. The largest absolute Gasteiger partial charge is 0.497 e. The van der Waals surface area contributed by atoms with E-state index in [4.69, 9.17) is 9.15 Å². The molecule has 2 aromatic heterocycles. The van der Waals surface area contributed by atoms with Gasteiger partial charge in [0, 0.05) is 5.56 Å². The van der Waals surface area contributed by atoms with E-state index in [1.54, 1.807) is 13.2 Å². The number of rotatable bonds is 7. The highest BCUT2D eigenvalue weighted by atomic mass is 32.1. The first-order valence-electron chi connectivity index (χ1n) is 8.61.